The van der Waals surface area contributed by atoms with Crippen LogP contribution in [0.3, 0.4) is 0 Å². The van der Waals surface area contributed by atoms with Gasteiger partial charge in [-0.05, 0) is 43.1 Å². The molecule has 1 aromatic heterocycles. The summed E-state index contributed by atoms with van der Waals surface area (Å²) in [4.78, 5) is 0. The van der Waals surface area contributed by atoms with E-state index in [1.807, 2.05) is 11.3 Å². The molecule has 0 radical (unpaired) electrons. The summed E-state index contributed by atoms with van der Waals surface area (Å²) in [5, 5.41) is 16.8. The van der Waals surface area contributed by atoms with Gasteiger partial charge in [0.15, 0.2) is 0 Å². The highest BCUT2D eigenvalue weighted by Crippen LogP contribution is 2.53. The van der Waals surface area contributed by atoms with Gasteiger partial charge in [0.05, 0.1) is 0 Å². The molecule has 0 atom stereocenters. The fraction of sp³-hybridized carbons (Fsp3) is 0. The first kappa shape index (κ1) is 14.6. The van der Waals surface area contributed by atoms with Crippen LogP contribution >= 0.6 is 11.3 Å². The van der Waals surface area contributed by atoms with Crippen LogP contribution in [0.5, 0.6) is 0 Å². The molecule has 1 heteroatoms. The monoisotopic (exact) mass is 382 g/mol. The summed E-state index contributed by atoms with van der Waals surface area (Å²) in [6, 6.07) is 31.5. The molecule has 29 heavy (non-hydrogen) atoms. The van der Waals surface area contributed by atoms with Gasteiger partial charge in [0.25, 0.3) is 0 Å². The highest BCUT2D eigenvalue weighted by Gasteiger charge is 2.23. The second kappa shape index (κ2) is 4.76. The van der Waals surface area contributed by atoms with Crippen LogP contribution in [0.25, 0.3) is 74.0 Å². The lowest BCUT2D eigenvalue weighted by molar-refractivity contribution is 1.81. The summed E-state index contributed by atoms with van der Waals surface area (Å²) in [5.41, 5.74) is 0. The zero-order valence-electron chi connectivity index (χ0n) is 15.5. The summed E-state index contributed by atoms with van der Waals surface area (Å²) < 4.78 is 2.87. The summed E-state index contributed by atoms with van der Waals surface area (Å²) in [5.74, 6) is 0. The van der Waals surface area contributed by atoms with E-state index in [1.54, 1.807) is 0 Å². The summed E-state index contributed by atoms with van der Waals surface area (Å²) in [7, 11) is 0. The van der Waals surface area contributed by atoms with Gasteiger partial charge in [-0.25, -0.2) is 0 Å². The smallest absolute Gasteiger partial charge is 0.0440 e. The van der Waals surface area contributed by atoms with Crippen LogP contribution in [0.2, 0.25) is 0 Å². The topological polar surface area (TPSA) is 0 Å². The van der Waals surface area contributed by atoms with Crippen molar-refractivity contribution in [2.24, 2.45) is 0 Å². The lowest BCUT2D eigenvalue weighted by Crippen LogP contribution is -1.88. The van der Waals surface area contributed by atoms with Crippen molar-refractivity contribution >= 4 is 85.4 Å². The molecule has 0 spiro atoms. The van der Waals surface area contributed by atoms with Crippen molar-refractivity contribution < 1.29 is 0 Å². The first-order valence-corrected chi connectivity index (χ1v) is 10.9. The molecular weight excluding hydrogens is 368 g/mol. The van der Waals surface area contributed by atoms with Crippen molar-refractivity contribution in [1.29, 1.82) is 0 Å². The van der Waals surface area contributed by atoms with Gasteiger partial charge in [-0.1, -0.05) is 84.9 Å². The van der Waals surface area contributed by atoms with Crippen LogP contribution in [0.15, 0.2) is 84.9 Å². The second-order valence-corrected chi connectivity index (χ2v) is 9.08. The first-order chi connectivity index (χ1) is 14.4. The summed E-state index contributed by atoms with van der Waals surface area (Å²) in [6.07, 6.45) is 0. The molecular formula is C28H14S. The Morgan fingerprint density at radius 2 is 0.655 bits per heavy atom. The molecule has 0 unspecified atom stereocenters. The maximum atomic E-state index is 2.31. The molecule has 0 fully saturated rings. The molecule has 1 heterocycles. The maximum absolute atomic E-state index is 2.31. The van der Waals surface area contributed by atoms with Crippen molar-refractivity contribution in [3.63, 3.8) is 0 Å². The van der Waals surface area contributed by atoms with Gasteiger partial charge in [-0.15, -0.1) is 11.3 Å². The molecule has 7 aromatic carbocycles. The Bertz CT molecular complexity index is 1760. The summed E-state index contributed by atoms with van der Waals surface area (Å²) >= 11 is 1.98. The molecule has 0 aliphatic rings. The van der Waals surface area contributed by atoms with Crippen molar-refractivity contribution in [3.8, 4) is 0 Å². The fourth-order valence-electron chi connectivity index (χ4n) is 5.66. The minimum absolute atomic E-state index is 1.36. The normalized spacial score (nSPS) is 12.8. The van der Waals surface area contributed by atoms with Gasteiger partial charge in [0, 0.05) is 30.9 Å². The molecule has 0 aliphatic heterocycles. The lowest BCUT2D eigenvalue weighted by atomic mass is 9.86. The Hall–Kier alpha value is -3.42. The van der Waals surface area contributed by atoms with E-state index in [0.29, 0.717) is 0 Å². The van der Waals surface area contributed by atoms with E-state index in [9.17, 15) is 0 Å². The molecule has 8 aromatic rings. The van der Waals surface area contributed by atoms with Crippen molar-refractivity contribution in [2.45, 2.75) is 0 Å². The van der Waals surface area contributed by atoms with E-state index in [0.717, 1.165) is 0 Å². The third kappa shape index (κ3) is 1.53. The zero-order valence-corrected chi connectivity index (χ0v) is 16.3. The summed E-state index contributed by atoms with van der Waals surface area (Å²) in [6.45, 7) is 0. The first-order valence-electron chi connectivity index (χ1n) is 10.1. The van der Waals surface area contributed by atoms with Crippen LogP contribution in [-0.4, -0.2) is 0 Å². The molecule has 0 amide bonds. The minimum Gasteiger partial charge on any atom is -0.134 e. The van der Waals surface area contributed by atoms with Crippen LogP contribution < -0.4 is 0 Å². The number of hydrogen-bond donors (Lipinski definition) is 0. The predicted octanol–water partition coefficient (Wildman–Crippen LogP) is 8.70. The zero-order chi connectivity index (χ0) is 18.7. The highest BCUT2D eigenvalue weighted by molar-refractivity contribution is 7.28. The van der Waals surface area contributed by atoms with Gasteiger partial charge in [-0.2, -0.15) is 0 Å². The number of rotatable bonds is 0. The Morgan fingerprint density at radius 1 is 0.310 bits per heavy atom. The van der Waals surface area contributed by atoms with Gasteiger partial charge in [0.2, 0.25) is 0 Å². The van der Waals surface area contributed by atoms with Gasteiger partial charge >= 0.3 is 0 Å². The predicted molar refractivity (Wildman–Crippen MR) is 129 cm³/mol. The molecule has 0 N–H and O–H groups in total. The Balaban J connectivity index is 1.93. The molecule has 0 saturated heterocycles. The Labute approximate surface area is 170 Å². The maximum Gasteiger partial charge on any atom is 0.0440 e. The number of hydrogen-bond acceptors (Lipinski definition) is 1. The SMILES string of the molecule is c1ccc2c(c1)c1cccc3c4cccc5c6ccccc6c6sc2c(c13)c6c54. The largest absolute Gasteiger partial charge is 0.134 e. The van der Waals surface area contributed by atoms with E-state index >= 15 is 0 Å². The average Bonchev–Trinajstić information content (AvgIpc) is 3.20. The van der Waals surface area contributed by atoms with E-state index in [-0.39, 0.29) is 0 Å². The van der Waals surface area contributed by atoms with Gasteiger partial charge in [-0.3, -0.25) is 0 Å². The van der Waals surface area contributed by atoms with Crippen LogP contribution in [0, 0.1) is 0 Å². The quantitative estimate of drug-likeness (QED) is 0.182. The molecule has 0 bridgehead atoms. The minimum atomic E-state index is 1.36. The molecule has 132 valence electrons. The van der Waals surface area contributed by atoms with Crippen molar-refractivity contribution in [3.05, 3.63) is 84.9 Å². The third-order valence-electron chi connectivity index (χ3n) is 6.75. The Morgan fingerprint density at radius 3 is 1.10 bits per heavy atom. The molecule has 0 aliphatic carbocycles. The highest BCUT2D eigenvalue weighted by atomic mass is 32.1. The van der Waals surface area contributed by atoms with E-state index < -0.39 is 0 Å². The number of benzene rings is 7. The van der Waals surface area contributed by atoms with Gasteiger partial charge < -0.3 is 0 Å². The molecule has 0 saturated carbocycles. The van der Waals surface area contributed by atoms with E-state index in [2.05, 4.69) is 84.9 Å². The fourth-order valence-corrected chi connectivity index (χ4v) is 7.05. The van der Waals surface area contributed by atoms with E-state index in [1.165, 1.54) is 74.0 Å². The van der Waals surface area contributed by atoms with E-state index in [4.69, 9.17) is 0 Å². The van der Waals surface area contributed by atoms with Crippen LogP contribution in [0.4, 0.5) is 0 Å². The standard InChI is InChI=1S/C28H14S/c1-3-9-21-15(7-1)17-11-5-13-19-20-14-6-12-18-16-8-2-4-10-22(16)28-26(24(18)20)25(23(17)19)27(21)29-28/h1-14H. The third-order valence-corrected chi connectivity index (χ3v) is 8.01. The molecule has 0 nitrogen and oxygen atoms in total. The number of fused-ring (bicyclic) bond motifs is 7. The number of thiophene rings is 1. The van der Waals surface area contributed by atoms with Crippen LogP contribution in [-0.2, 0) is 0 Å². The lowest BCUT2D eigenvalue weighted by Gasteiger charge is -2.16. The van der Waals surface area contributed by atoms with Crippen molar-refractivity contribution in [2.75, 3.05) is 0 Å². The van der Waals surface area contributed by atoms with Crippen LogP contribution in [0.1, 0.15) is 0 Å². The molecule has 8 rings (SSSR count). The van der Waals surface area contributed by atoms with Gasteiger partial charge in [0.1, 0.15) is 0 Å². The Kier molecular flexibility index (Phi) is 2.39. The average molecular weight is 382 g/mol. The second-order valence-electron chi connectivity index (χ2n) is 8.06. The van der Waals surface area contributed by atoms with Crippen molar-refractivity contribution in [1.82, 2.24) is 0 Å².